The van der Waals surface area contributed by atoms with E-state index in [2.05, 4.69) is 25.9 Å². The molecule has 18 heavy (non-hydrogen) atoms. The third kappa shape index (κ3) is 2.87. The van der Waals surface area contributed by atoms with E-state index in [1.54, 1.807) is 24.7 Å². The summed E-state index contributed by atoms with van der Waals surface area (Å²) in [4.78, 5) is 8.99. The number of pyridine rings is 2. The standard InChI is InChI=1S/C11H9BrN4OS/c12-8-2-1-4-15-11(8)18-9-6-14-5-3-7(9)10(13)16-17/h1-6,17H,(H2,13,16). The highest BCUT2D eigenvalue weighted by atomic mass is 79.9. The lowest BCUT2D eigenvalue weighted by Gasteiger charge is -2.08. The van der Waals surface area contributed by atoms with Crippen LogP contribution in [0.4, 0.5) is 0 Å². The Kier molecular flexibility index (Phi) is 4.29. The smallest absolute Gasteiger partial charge is 0.150 e. The van der Waals surface area contributed by atoms with Crippen molar-refractivity contribution in [3.05, 3.63) is 46.8 Å². The largest absolute Gasteiger partial charge is 0.290 e. The molecule has 0 amide bonds. The Morgan fingerprint density at radius 2 is 2.22 bits per heavy atom. The third-order valence-corrected chi connectivity index (χ3v) is 4.06. The molecule has 0 fully saturated rings. The van der Waals surface area contributed by atoms with Crippen LogP contribution in [0.3, 0.4) is 0 Å². The maximum atomic E-state index is 8.80. The summed E-state index contributed by atoms with van der Waals surface area (Å²) in [7, 11) is 0. The van der Waals surface area contributed by atoms with Gasteiger partial charge < -0.3 is 0 Å². The van der Waals surface area contributed by atoms with E-state index in [4.69, 9.17) is 10.6 Å². The van der Waals surface area contributed by atoms with Gasteiger partial charge in [-0.1, -0.05) is 11.8 Å². The Labute approximate surface area is 116 Å². The summed E-state index contributed by atoms with van der Waals surface area (Å²) in [5, 5.41) is 17.2. The van der Waals surface area contributed by atoms with Gasteiger partial charge >= 0.3 is 0 Å². The fraction of sp³-hybridized carbons (Fsp3) is 0. The molecule has 0 aromatic carbocycles. The molecule has 3 N–H and O–H groups in total. The Balaban J connectivity index is 2.35. The zero-order valence-corrected chi connectivity index (χ0v) is 11.5. The van der Waals surface area contributed by atoms with Crippen molar-refractivity contribution < 1.29 is 5.21 Å². The van der Waals surface area contributed by atoms with Gasteiger partial charge in [-0.2, -0.15) is 0 Å². The maximum absolute atomic E-state index is 8.80. The van der Waals surface area contributed by atoms with Gasteiger partial charge in [-0.05, 0) is 34.1 Å². The number of hydrogen-bond acceptors (Lipinski definition) is 5. The van der Waals surface area contributed by atoms with Crippen LogP contribution in [0.1, 0.15) is 5.56 Å². The molecular formula is C11H9BrN4OS. The molecule has 0 radical (unpaired) electrons. The van der Waals surface area contributed by atoms with E-state index in [9.17, 15) is 0 Å². The number of hydroxylamine groups is 1. The minimum absolute atomic E-state index is 0.0769. The molecule has 0 spiro atoms. The van der Waals surface area contributed by atoms with Crippen molar-refractivity contribution in [3.63, 3.8) is 0 Å². The molecule has 2 heterocycles. The van der Waals surface area contributed by atoms with Crippen LogP contribution in [0.5, 0.6) is 0 Å². The van der Waals surface area contributed by atoms with Crippen LogP contribution in [0.2, 0.25) is 0 Å². The number of hydrogen-bond donors (Lipinski definition) is 3. The molecule has 0 aliphatic carbocycles. The zero-order valence-electron chi connectivity index (χ0n) is 9.09. The molecular weight excluding hydrogens is 316 g/mol. The highest BCUT2D eigenvalue weighted by Gasteiger charge is 2.11. The summed E-state index contributed by atoms with van der Waals surface area (Å²) >= 11 is 4.78. The summed E-state index contributed by atoms with van der Waals surface area (Å²) < 4.78 is 0.869. The third-order valence-electron chi connectivity index (χ3n) is 2.10. The molecule has 0 aliphatic rings. The van der Waals surface area contributed by atoms with E-state index >= 15 is 0 Å². The van der Waals surface area contributed by atoms with Gasteiger partial charge in [0, 0.05) is 29.0 Å². The first-order valence-corrected chi connectivity index (χ1v) is 6.54. The first kappa shape index (κ1) is 13.0. The lowest BCUT2D eigenvalue weighted by Crippen LogP contribution is -2.19. The highest BCUT2D eigenvalue weighted by molar-refractivity contribution is 9.10. The molecule has 0 unspecified atom stereocenters. The van der Waals surface area contributed by atoms with Gasteiger partial charge in [0.15, 0.2) is 5.84 Å². The van der Waals surface area contributed by atoms with Crippen LogP contribution in [-0.4, -0.2) is 21.0 Å². The Hall–Kier alpha value is -1.44. The van der Waals surface area contributed by atoms with Crippen molar-refractivity contribution in [1.29, 1.82) is 5.41 Å². The lowest BCUT2D eigenvalue weighted by atomic mass is 10.2. The fourth-order valence-corrected chi connectivity index (χ4v) is 2.66. The minimum Gasteiger partial charge on any atom is -0.290 e. The predicted molar refractivity (Wildman–Crippen MR) is 72.0 cm³/mol. The van der Waals surface area contributed by atoms with Gasteiger partial charge in [0.1, 0.15) is 5.03 Å². The van der Waals surface area contributed by atoms with Crippen molar-refractivity contribution in [3.8, 4) is 0 Å². The predicted octanol–water partition coefficient (Wildman–Crippen LogP) is 2.69. The Bertz CT molecular complexity index is 578. The lowest BCUT2D eigenvalue weighted by molar-refractivity contribution is 0.234. The fourth-order valence-electron chi connectivity index (χ4n) is 1.28. The van der Waals surface area contributed by atoms with Crippen molar-refractivity contribution in [2.45, 2.75) is 9.92 Å². The molecule has 0 saturated heterocycles. The second-order valence-corrected chi connectivity index (χ2v) is 5.14. The van der Waals surface area contributed by atoms with Crippen LogP contribution in [0.15, 0.2) is 51.2 Å². The van der Waals surface area contributed by atoms with E-state index in [0.717, 1.165) is 14.4 Å². The molecule has 2 aromatic heterocycles. The number of nitrogens with one attached hydrogen (secondary N) is 2. The summed E-state index contributed by atoms with van der Waals surface area (Å²) in [6.45, 7) is 0. The Morgan fingerprint density at radius 1 is 1.39 bits per heavy atom. The number of aromatic nitrogens is 2. The second kappa shape index (κ2) is 5.94. The molecule has 0 saturated carbocycles. The molecule has 5 nitrogen and oxygen atoms in total. The molecule has 2 rings (SSSR count). The minimum atomic E-state index is -0.0769. The monoisotopic (exact) mass is 324 g/mol. The summed E-state index contributed by atoms with van der Waals surface area (Å²) in [6, 6.07) is 5.38. The molecule has 0 aliphatic heterocycles. The van der Waals surface area contributed by atoms with Gasteiger partial charge in [0.25, 0.3) is 0 Å². The first-order valence-electron chi connectivity index (χ1n) is 4.94. The van der Waals surface area contributed by atoms with Crippen LogP contribution >= 0.6 is 27.7 Å². The van der Waals surface area contributed by atoms with Crippen molar-refractivity contribution in [1.82, 2.24) is 15.4 Å². The quantitative estimate of drug-likeness (QED) is 0.459. The number of halogens is 1. The molecule has 92 valence electrons. The summed E-state index contributed by atoms with van der Waals surface area (Å²) in [5.41, 5.74) is 2.40. The second-order valence-electron chi connectivity index (χ2n) is 3.25. The number of nitrogens with zero attached hydrogens (tertiary/aromatic N) is 2. The molecule has 7 heteroatoms. The van der Waals surface area contributed by atoms with E-state index in [-0.39, 0.29) is 5.84 Å². The molecule has 0 atom stereocenters. The zero-order chi connectivity index (χ0) is 13.0. The maximum Gasteiger partial charge on any atom is 0.150 e. The van der Waals surface area contributed by atoms with E-state index in [1.165, 1.54) is 11.8 Å². The van der Waals surface area contributed by atoms with Crippen molar-refractivity contribution in [2.24, 2.45) is 0 Å². The van der Waals surface area contributed by atoms with Crippen molar-refractivity contribution >= 4 is 33.5 Å². The van der Waals surface area contributed by atoms with Gasteiger partial charge in [-0.25, -0.2) is 4.98 Å². The average molecular weight is 325 g/mol. The average Bonchev–Trinajstić information content (AvgIpc) is 2.41. The normalized spacial score (nSPS) is 10.1. The molecule has 0 bridgehead atoms. The first-order chi connectivity index (χ1) is 8.72. The summed E-state index contributed by atoms with van der Waals surface area (Å²) in [6.07, 6.45) is 4.89. The van der Waals surface area contributed by atoms with Gasteiger partial charge in [0.05, 0.1) is 4.47 Å². The van der Waals surface area contributed by atoms with Gasteiger partial charge in [-0.3, -0.25) is 21.1 Å². The van der Waals surface area contributed by atoms with Crippen molar-refractivity contribution in [2.75, 3.05) is 0 Å². The SMILES string of the molecule is N=C(NO)c1ccncc1Sc1ncccc1Br. The number of amidine groups is 1. The van der Waals surface area contributed by atoms with Crippen LogP contribution in [-0.2, 0) is 0 Å². The van der Waals surface area contributed by atoms with Crippen LogP contribution in [0.25, 0.3) is 0 Å². The van der Waals surface area contributed by atoms with Gasteiger partial charge in [-0.15, -0.1) is 0 Å². The highest BCUT2D eigenvalue weighted by Crippen LogP contribution is 2.32. The van der Waals surface area contributed by atoms with Crippen LogP contribution in [0, 0.1) is 5.41 Å². The molecule has 2 aromatic rings. The van der Waals surface area contributed by atoms with E-state index in [1.807, 2.05) is 17.6 Å². The van der Waals surface area contributed by atoms with E-state index < -0.39 is 0 Å². The topological polar surface area (TPSA) is 81.9 Å². The summed E-state index contributed by atoms with van der Waals surface area (Å²) in [5.74, 6) is -0.0769. The number of rotatable bonds is 3. The van der Waals surface area contributed by atoms with Crippen LogP contribution < -0.4 is 5.48 Å². The van der Waals surface area contributed by atoms with E-state index in [0.29, 0.717) is 5.56 Å². The van der Waals surface area contributed by atoms with Gasteiger partial charge in [0.2, 0.25) is 0 Å². The Morgan fingerprint density at radius 3 is 2.94 bits per heavy atom.